The van der Waals surface area contributed by atoms with Crippen molar-refractivity contribution in [2.24, 2.45) is 10.7 Å². The van der Waals surface area contributed by atoms with Crippen molar-refractivity contribution in [1.29, 1.82) is 0 Å². The molecule has 0 aliphatic heterocycles. The van der Waals surface area contributed by atoms with E-state index in [4.69, 9.17) is 19.6 Å². The SMILES string of the molecule is CCNC(=NCc1ccc(C(N)=O)o1)Nc1cccc(OCCCOC)c1. The Hall–Kier alpha value is -3.00. The van der Waals surface area contributed by atoms with E-state index in [1.54, 1.807) is 13.2 Å². The number of methoxy groups -OCH3 is 1. The van der Waals surface area contributed by atoms with Crippen LogP contribution < -0.4 is 21.1 Å². The molecule has 0 aliphatic carbocycles. The fourth-order valence-corrected chi connectivity index (χ4v) is 2.25. The smallest absolute Gasteiger partial charge is 0.284 e. The second kappa shape index (κ2) is 10.9. The third-order valence-corrected chi connectivity index (χ3v) is 3.50. The van der Waals surface area contributed by atoms with Gasteiger partial charge >= 0.3 is 0 Å². The molecule has 8 nitrogen and oxygen atoms in total. The Morgan fingerprint density at radius 2 is 2.11 bits per heavy atom. The Morgan fingerprint density at radius 3 is 2.81 bits per heavy atom. The van der Waals surface area contributed by atoms with Crippen LogP contribution in [-0.4, -0.2) is 38.7 Å². The highest BCUT2D eigenvalue weighted by Crippen LogP contribution is 2.17. The Bertz CT molecular complexity index is 758. The lowest BCUT2D eigenvalue weighted by molar-refractivity contribution is 0.0972. The van der Waals surface area contributed by atoms with Crippen LogP contribution in [0.25, 0.3) is 0 Å². The number of guanidine groups is 1. The van der Waals surface area contributed by atoms with Crippen molar-refractivity contribution < 1.29 is 18.7 Å². The van der Waals surface area contributed by atoms with Crippen molar-refractivity contribution >= 4 is 17.6 Å². The fourth-order valence-electron chi connectivity index (χ4n) is 2.25. The van der Waals surface area contributed by atoms with Gasteiger partial charge in [0.2, 0.25) is 0 Å². The van der Waals surface area contributed by atoms with E-state index in [0.717, 1.165) is 17.9 Å². The molecule has 146 valence electrons. The van der Waals surface area contributed by atoms with Gasteiger partial charge in [-0.2, -0.15) is 0 Å². The molecule has 0 saturated heterocycles. The number of nitrogens with two attached hydrogens (primary N) is 1. The summed E-state index contributed by atoms with van der Waals surface area (Å²) in [5.41, 5.74) is 6.03. The molecular formula is C19H26N4O4. The minimum atomic E-state index is -0.599. The zero-order valence-electron chi connectivity index (χ0n) is 15.7. The quantitative estimate of drug-likeness (QED) is 0.334. The molecular weight excluding hydrogens is 348 g/mol. The molecule has 0 aliphatic rings. The summed E-state index contributed by atoms with van der Waals surface area (Å²) in [6.45, 7) is 4.20. The zero-order chi connectivity index (χ0) is 19.5. The summed E-state index contributed by atoms with van der Waals surface area (Å²) in [4.78, 5) is 15.5. The van der Waals surface area contributed by atoms with Crippen LogP contribution in [0.15, 0.2) is 45.8 Å². The maximum absolute atomic E-state index is 11.1. The molecule has 8 heteroatoms. The number of nitrogens with one attached hydrogen (secondary N) is 2. The molecule has 4 N–H and O–H groups in total. The molecule has 1 aromatic carbocycles. The minimum absolute atomic E-state index is 0.122. The summed E-state index contributed by atoms with van der Waals surface area (Å²) in [5, 5.41) is 6.38. The first-order chi connectivity index (χ1) is 13.1. The van der Waals surface area contributed by atoms with Gasteiger partial charge in [0, 0.05) is 38.4 Å². The van der Waals surface area contributed by atoms with E-state index < -0.39 is 5.91 Å². The van der Waals surface area contributed by atoms with Crippen LogP contribution in [0.1, 0.15) is 29.7 Å². The van der Waals surface area contributed by atoms with Crippen molar-refractivity contribution in [3.05, 3.63) is 47.9 Å². The van der Waals surface area contributed by atoms with E-state index in [1.165, 1.54) is 6.07 Å². The lowest BCUT2D eigenvalue weighted by Gasteiger charge is -2.12. The maximum Gasteiger partial charge on any atom is 0.284 e. The highest BCUT2D eigenvalue weighted by Gasteiger charge is 2.07. The number of primary amides is 1. The van der Waals surface area contributed by atoms with Gasteiger partial charge in [-0.1, -0.05) is 6.07 Å². The van der Waals surface area contributed by atoms with Crippen LogP contribution in [0.3, 0.4) is 0 Å². The number of ether oxygens (including phenoxy) is 2. The molecule has 0 fully saturated rings. The van der Waals surface area contributed by atoms with Crippen molar-refractivity contribution in [3.63, 3.8) is 0 Å². The zero-order valence-corrected chi connectivity index (χ0v) is 15.7. The van der Waals surface area contributed by atoms with Gasteiger partial charge in [0.15, 0.2) is 11.7 Å². The summed E-state index contributed by atoms with van der Waals surface area (Å²) >= 11 is 0. The number of hydrogen-bond donors (Lipinski definition) is 3. The number of rotatable bonds is 10. The lowest BCUT2D eigenvalue weighted by atomic mass is 10.3. The second-order valence-electron chi connectivity index (χ2n) is 5.67. The Kier molecular flexibility index (Phi) is 8.18. The molecule has 0 bridgehead atoms. The summed E-state index contributed by atoms with van der Waals surface area (Å²) in [7, 11) is 1.67. The monoisotopic (exact) mass is 374 g/mol. The van der Waals surface area contributed by atoms with Crippen molar-refractivity contribution in [2.45, 2.75) is 19.9 Å². The Balaban J connectivity index is 1.98. The van der Waals surface area contributed by atoms with Gasteiger partial charge in [0.05, 0.1) is 6.61 Å². The molecule has 1 aromatic heterocycles. The molecule has 0 radical (unpaired) electrons. The Morgan fingerprint density at radius 1 is 1.26 bits per heavy atom. The normalized spacial score (nSPS) is 11.3. The lowest BCUT2D eigenvalue weighted by Crippen LogP contribution is -2.30. The van der Waals surface area contributed by atoms with E-state index >= 15 is 0 Å². The number of benzene rings is 1. The number of furan rings is 1. The van der Waals surface area contributed by atoms with E-state index in [9.17, 15) is 4.79 Å². The highest BCUT2D eigenvalue weighted by atomic mass is 16.5. The second-order valence-corrected chi connectivity index (χ2v) is 5.67. The predicted molar refractivity (Wildman–Crippen MR) is 104 cm³/mol. The van der Waals surface area contributed by atoms with Crippen molar-refractivity contribution in [3.8, 4) is 5.75 Å². The predicted octanol–water partition coefficient (Wildman–Crippen LogP) is 2.37. The van der Waals surface area contributed by atoms with E-state index in [2.05, 4.69) is 15.6 Å². The van der Waals surface area contributed by atoms with Crippen LogP contribution >= 0.6 is 0 Å². The standard InChI is InChI=1S/C19H26N4O4/c1-3-21-19(22-13-16-8-9-17(27-16)18(20)24)23-14-6-4-7-15(12-14)26-11-5-10-25-2/h4,6-9,12H,3,5,10-11,13H2,1-2H3,(H2,20,24)(H2,21,22,23). The third kappa shape index (κ3) is 7.02. The molecule has 2 aromatic rings. The largest absolute Gasteiger partial charge is 0.493 e. The average Bonchev–Trinajstić information content (AvgIpc) is 3.13. The number of carbonyl (C=O) groups is 1. The maximum atomic E-state index is 11.1. The van der Waals surface area contributed by atoms with Gasteiger partial charge in [-0.15, -0.1) is 0 Å². The first-order valence-corrected chi connectivity index (χ1v) is 8.78. The molecule has 0 saturated carbocycles. The first-order valence-electron chi connectivity index (χ1n) is 8.78. The minimum Gasteiger partial charge on any atom is -0.493 e. The summed E-state index contributed by atoms with van der Waals surface area (Å²) in [6, 6.07) is 10.9. The number of anilines is 1. The number of hydrogen-bond acceptors (Lipinski definition) is 5. The topological polar surface area (TPSA) is 111 Å². The Labute approximate surface area is 158 Å². The molecule has 1 heterocycles. The van der Waals surface area contributed by atoms with E-state index in [0.29, 0.717) is 31.5 Å². The molecule has 0 atom stereocenters. The van der Waals surface area contributed by atoms with Gasteiger partial charge in [-0.25, -0.2) is 4.99 Å². The summed E-state index contributed by atoms with van der Waals surface area (Å²) in [6.07, 6.45) is 0.828. The van der Waals surface area contributed by atoms with Gasteiger partial charge < -0.3 is 30.3 Å². The molecule has 0 unspecified atom stereocenters. The van der Waals surface area contributed by atoms with E-state index in [-0.39, 0.29) is 12.3 Å². The van der Waals surface area contributed by atoms with Gasteiger partial charge in [-0.05, 0) is 31.2 Å². The van der Waals surface area contributed by atoms with E-state index in [1.807, 2.05) is 31.2 Å². The van der Waals surface area contributed by atoms with Crippen LogP contribution in [0, 0.1) is 0 Å². The van der Waals surface area contributed by atoms with Gasteiger partial charge in [0.1, 0.15) is 18.1 Å². The first kappa shape index (κ1) is 20.3. The number of aliphatic imine (C=N–C) groups is 1. The van der Waals surface area contributed by atoms with Crippen molar-refractivity contribution in [1.82, 2.24) is 5.32 Å². The van der Waals surface area contributed by atoms with Gasteiger partial charge in [0.25, 0.3) is 5.91 Å². The van der Waals surface area contributed by atoms with Crippen LogP contribution in [-0.2, 0) is 11.3 Å². The molecule has 2 rings (SSSR count). The van der Waals surface area contributed by atoms with Gasteiger partial charge in [-0.3, -0.25) is 4.79 Å². The highest BCUT2D eigenvalue weighted by molar-refractivity contribution is 5.93. The summed E-state index contributed by atoms with van der Waals surface area (Å²) in [5.74, 6) is 1.43. The number of amides is 1. The number of carbonyl (C=O) groups excluding carboxylic acids is 1. The van der Waals surface area contributed by atoms with Crippen LogP contribution in [0.5, 0.6) is 5.75 Å². The average molecular weight is 374 g/mol. The van der Waals surface area contributed by atoms with Crippen LogP contribution in [0.4, 0.5) is 5.69 Å². The molecule has 0 spiro atoms. The third-order valence-electron chi connectivity index (χ3n) is 3.50. The molecule has 27 heavy (non-hydrogen) atoms. The van der Waals surface area contributed by atoms with Crippen LogP contribution in [0.2, 0.25) is 0 Å². The number of nitrogens with zero attached hydrogens (tertiary/aromatic N) is 1. The summed E-state index contributed by atoms with van der Waals surface area (Å²) < 4.78 is 16.1. The fraction of sp³-hybridized carbons (Fsp3) is 0.368. The van der Waals surface area contributed by atoms with Crippen molar-refractivity contribution in [2.75, 3.05) is 32.2 Å². The molecule has 1 amide bonds.